The zero-order chi connectivity index (χ0) is 10.5. The highest BCUT2D eigenvalue weighted by Crippen LogP contribution is 2.18. The first-order valence-corrected chi connectivity index (χ1v) is 5.88. The SMILES string of the molecule is CCCCCn1nnnc1CNC1CC1. The van der Waals surface area contributed by atoms with Crippen LogP contribution in [0, 0.1) is 0 Å². The molecule has 1 aliphatic carbocycles. The summed E-state index contributed by atoms with van der Waals surface area (Å²) in [6.07, 6.45) is 6.25. The van der Waals surface area contributed by atoms with Crippen molar-refractivity contribution in [3.8, 4) is 0 Å². The van der Waals surface area contributed by atoms with Crippen molar-refractivity contribution < 1.29 is 0 Å². The summed E-state index contributed by atoms with van der Waals surface area (Å²) >= 11 is 0. The van der Waals surface area contributed by atoms with Gasteiger partial charge in [-0.25, -0.2) is 4.68 Å². The Morgan fingerprint density at radius 3 is 3.00 bits per heavy atom. The van der Waals surface area contributed by atoms with Crippen molar-refractivity contribution in [1.29, 1.82) is 0 Å². The van der Waals surface area contributed by atoms with Crippen LogP contribution in [0.25, 0.3) is 0 Å². The van der Waals surface area contributed by atoms with Gasteiger partial charge in [0.1, 0.15) is 0 Å². The van der Waals surface area contributed by atoms with Gasteiger partial charge in [-0.1, -0.05) is 19.8 Å². The fourth-order valence-corrected chi connectivity index (χ4v) is 1.56. The van der Waals surface area contributed by atoms with E-state index in [4.69, 9.17) is 0 Å². The number of hydrogen-bond donors (Lipinski definition) is 1. The molecule has 1 fully saturated rings. The maximum absolute atomic E-state index is 4.03. The third-order valence-corrected chi connectivity index (χ3v) is 2.71. The van der Waals surface area contributed by atoms with Crippen LogP contribution in [-0.4, -0.2) is 26.2 Å². The fraction of sp³-hybridized carbons (Fsp3) is 0.900. The van der Waals surface area contributed by atoms with Gasteiger partial charge in [0.05, 0.1) is 6.54 Å². The molecular formula is C10H19N5. The van der Waals surface area contributed by atoms with Crippen molar-refractivity contribution in [2.45, 2.75) is 58.2 Å². The van der Waals surface area contributed by atoms with Crippen LogP contribution in [0.5, 0.6) is 0 Å². The second kappa shape index (κ2) is 5.21. The maximum atomic E-state index is 4.03. The topological polar surface area (TPSA) is 55.6 Å². The summed E-state index contributed by atoms with van der Waals surface area (Å²) in [6.45, 7) is 3.96. The molecule has 1 N–H and O–H groups in total. The van der Waals surface area contributed by atoms with E-state index in [2.05, 4.69) is 27.8 Å². The quantitative estimate of drug-likeness (QED) is 0.684. The number of nitrogens with zero attached hydrogens (tertiary/aromatic N) is 4. The molecule has 1 aromatic rings. The van der Waals surface area contributed by atoms with Crippen LogP contribution in [0.4, 0.5) is 0 Å². The second-order valence-electron chi connectivity index (χ2n) is 4.18. The Morgan fingerprint density at radius 2 is 2.27 bits per heavy atom. The fourth-order valence-electron chi connectivity index (χ4n) is 1.56. The standard InChI is InChI=1S/C10H19N5/c1-2-3-4-7-15-10(12-13-14-15)8-11-9-5-6-9/h9,11H,2-8H2,1H3. The van der Waals surface area contributed by atoms with E-state index in [1.54, 1.807) is 0 Å². The first-order chi connectivity index (χ1) is 7.40. The number of nitrogens with one attached hydrogen (secondary N) is 1. The molecule has 0 aliphatic heterocycles. The Labute approximate surface area is 90.2 Å². The summed E-state index contributed by atoms with van der Waals surface area (Å²) in [7, 11) is 0. The van der Waals surface area contributed by atoms with Gasteiger partial charge in [-0.15, -0.1) is 5.10 Å². The van der Waals surface area contributed by atoms with Crippen LogP contribution < -0.4 is 5.32 Å². The smallest absolute Gasteiger partial charge is 0.165 e. The molecule has 1 aliphatic rings. The van der Waals surface area contributed by atoms with Gasteiger partial charge in [0.2, 0.25) is 0 Å². The summed E-state index contributed by atoms with van der Waals surface area (Å²) in [5.74, 6) is 0.970. The average Bonchev–Trinajstić information content (AvgIpc) is 2.97. The lowest BCUT2D eigenvalue weighted by Crippen LogP contribution is -2.19. The lowest BCUT2D eigenvalue weighted by molar-refractivity contribution is 0.506. The molecule has 0 bridgehead atoms. The molecule has 2 rings (SSSR count). The third-order valence-electron chi connectivity index (χ3n) is 2.71. The molecule has 0 radical (unpaired) electrons. The molecule has 0 unspecified atom stereocenters. The van der Waals surface area contributed by atoms with Gasteiger partial charge in [0.25, 0.3) is 0 Å². The Balaban J connectivity index is 1.78. The predicted octanol–water partition coefficient (Wildman–Crippen LogP) is 1.12. The van der Waals surface area contributed by atoms with E-state index in [9.17, 15) is 0 Å². The zero-order valence-corrected chi connectivity index (χ0v) is 9.32. The van der Waals surface area contributed by atoms with Crippen molar-refractivity contribution in [2.75, 3.05) is 0 Å². The molecule has 84 valence electrons. The maximum Gasteiger partial charge on any atom is 0.165 e. The number of aryl methyl sites for hydroxylation is 1. The minimum atomic E-state index is 0.714. The monoisotopic (exact) mass is 209 g/mol. The average molecular weight is 209 g/mol. The highest BCUT2D eigenvalue weighted by Gasteiger charge is 2.21. The van der Waals surface area contributed by atoms with Crippen LogP contribution in [0.1, 0.15) is 44.9 Å². The number of hydrogen-bond acceptors (Lipinski definition) is 4. The molecule has 1 heterocycles. The van der Waals surface area contributed by atoms with Crippen molar-refractivity contribution >= 4 is 0 Å². The molecule has 0 amide bonds. The van der Waals surface area contributed by atoms with E-state index in [0.717, 1.165) is 25.3 Å². The first-order valence-electron chi connectivity index (χ1n) is 5.88. The summed E-state index contributed by atoms with van der Waals surface area (Å²) in [5, 5.41) is 15.2. The molecule has 0 saturated heterocycles. The molecule has 0 spiro atoms. The van der Waals surface area contributed by atoms with Crippen molar-refractivity contribution in [3.63, 3.8) is 0 Å². The largest absolute Gasteiger partial charge is 0.307 e. The summed E-state index contributed by atoms with van der Waals surface area (Å²) in [4.78, 5) is 0. The molecule has 5 nitrogen and oxygen atoms in total. The van der Waals surface area contributed by atoms with Gasteiger partial charge in [0.15, 0.2) is 5.82 Å². The number of tetrazole rings is 1. The highest BCUT2D eigenvalue weighted by atomic mass is 15.5. The van der Waals surface area contributed by atoms with Crippen molar-refractivity contribution in [3.05, 3.63) is 5.82 Å². The Hall–Kier alpha value is -0.970. The minimum Gasteiger partial charge on any atom is -0.307 e. The minimum absolute atomic E-state index is 0.714. The van der Waals surface area contributed by atoms with Crippen LogP contribution in [0.2, 0.25) is 0 Å². The summed E-state index contributed by atoms with van der Waals surface area (Å²) in [6, 6.07) is 0.714. The molecule has 1 saturated carbocycles. The first kappa shape index (κ1) is 10.5. The lowest BCUT2D eigenvalue weighted by Gasteiger charge is -2.04. The van der Waals surface area contributed by atoms with Crippen LogP contribution in [0.15, 0.2) is 0 Å². The van der Waals surface area contributed by atoms with Gasteiger partial charge in [-0.3, -0.25) is 0 Å². The molecule has 0 aromatic carbocycles. The molecule has 5 heteroatoms. The van der Waals surface area contributed by atoms with Crippen molar-refractivity contribution in [1.82, 2.24) is 25.5 Å². The van der Waals surface area contributed by atoms with Gasteiger partial charge in [-0.05, 0) is 29.7 Å². The number of rotatable bonds is 7. The summed E-state index contributed by atoms with van der Waals surface area (Å²) < 4.78 is 1.92. The van der Waals surface area contributed by atoms with Gasteiger partial charge in [-0.2, -0.15) is 0 Å². The highest BCUT2D eigenvalue weighted by molar-refractivity contribution is 4.86. The predicted molar refractivity (Wildman–Crippen MR) is 57.2 cm³/mol. The molecule has 1 aromatic heterocycles. The van der Waals surface area contributed by atoms with Crippen LogP contribution in [0.3, 0.4) is 0 Å². The van der Waals surface area contributed by atoms with E-state index >= 15 is 0 Å². The zero-order valence-electron chi connectivity index (χ0n) is 9.32. The number of unbranched alkanes of at least 4 members (excludes halogenated alkanes) is 2. The molecule has 0 atom stereocenters. The van der Waals surface area contributed by atoms with Crippen LogP contribution in [-0.2, 0) is 13.1 Å². The van der Waals surface area contributed by atoms with E-state index in [0.29, 0.717) is 6.04 Å². The van der Waals surface area contributed by atoms with E-state index in [-0.39, 0.29) is 0 Å². The van der Waals surface area contributed by atoms with Gasteiger partial charge >= 0.3 is 0 Å². The van der Waals surface area contributed by atoms with E-state index in [1.807, 2.05) is 4.68 Å². The third kappa shape index (κ3) is 3.27. The Morgan fingerprint density at radius 1 is 1.40 bits per heavy atom. The summed E-state index contributed by atoms with van der Waals surface area (Å²) in [5.41, 5.74) is 0. The lowest BCUT2D eigenvalue weighted by atomic mass is 10.2. The molecule has 15 heavy (non-hydrogen) atoms. The van der Waals surface area contributed by atoms with Crippen molar-refractivity contribution in [2.24, 2.45) is 0 Å². The molecular weight excluding hydrogens is 190 g/mol. The Bertz CT molecular complexity index is 292. The number of aromatic nitrogens is 4. The Kier molecular flexibility index (Phi) is 3.66. The second-order valence-corrected chi connectivity index (χ2v) is 4.18. The van der Waals surface area contributed by atoms with E-state index < -0.39 is 0 Å². The van der Waals surface area contributed by atoms with E-state index in [1.165, 1.54) is 25.7 Å². The van der Waals surface area contributed by atoms with Gasteiger partial charge < -0.3 is 5.32 Å². The normalized spacial score (nSPS) is 15.8. The van der Waals surface area contributed by atoms with Gasteiger partial charge in [0, 0.05) is 12.6 Å². The van der Waals surface area contributed by atoms with Crippen LogP contribution >= 0.6 is 0 Å².